The predicted molar refractivity (Wildman–Crippen MR) is 118 cm³/mol. The van der Waals surface area contributed by atoms with Crippen LogP contribution in [0, 0.1) is 31.3 Å². The van der Waals surface area contributed by atoms with Crippen molar-refractivity contribution >= 4 is 45.2 Å². The van der Waals surface area contributed by atoms with Crippen LogP contribution in [0.1, 0.15) is 21.5 Å². The molecule has 3 aromatic rings. The fourth-order valence-corrected chi connectivity index (χ4v) is 3.41. The van der Waals surface area contributed by atoms with Crippen molar-refractivity contribution in [1.82, 2.24) is 5.32 Å². The van der Waals surface area contributed by atoms with E-state index in [1.807, 2.05) is 5.32 Å². The molecule has 0 radical (unpaired) electrons. The number of anilines is 1. The molecule has 2 N–H and O–H groups in total. The fourth-order valence-electron chi connectivity index (χ4n) is 2.89. The van der Waals surface area contributed by atoms with E-state index in [1.165, 1.54) is 18.2 Å². The zero-order chi connectivity index (χ0) is 23.6. The Balaban J connectivity index is 1.81. The van der Waals surface area contributed by atoms with Crippen molar-refractivity contribution in [2.45, 2.75) is 13.8 Å². The van der Waals surface area contributed by atoms with Crippen LogP contribution in [-0.2, 0) is 0 Å². The van der Waals surface area contributed by atoms with Crippen LogP contribution in [0.25, 0.3) is 0 Å². The molecule has 166 valence electrons. The number of halogens is 5. The van der Waals surface area contributed by atoms with E-state index in [4.69, 9.17) is 16.3 Å². The quantitative estimate of drug-likeness (QED) is 0.388. The highest BCUT2D eigenvalue weighted by molar-refractivity contribution is 9.10. The van der Waals surface area contributed by atoms with Crippen molar-refractivity contribution < 1.29 is 27.5 Å². The Morgan fingerprint density at radius 1 is 0.969 bits per heavy atom. The first-order valence-corrected chi connectivity index (χ1v) is 10.2. The average Bonchev–Trinajstić information content (AvgIpc) is 2.71. The summed E-state index contributed by atoms with van der Waals surface area (Å²) in [7, 11) is 0. The highest BCUT2D eigenvalue weighted by Crippen LogP contribution is 2.39. The van der Waals surface area contributed by atoms with Crippen molar-refractivity contribution in [3.63, 3.8) is 0 Å². The third kappa shape index (κ3) is 5.05. The number of hydrogen-bond acceptors (Lipinski definition) is 3. The third-order valence-corrected chi connectivity index (χ3v) is 5.39. The molecule has 0 spiro atoms. The standard InChI is InChI=1S/C22H15BrClF3N2O3/c1-10-8-17(32-16-7-6-12(23)9-15(16)27)19(24)11(2)20(10)28-22(31)29-21(30)18-13(25)4-3-5-14(18)26/h3-9H,1-2H3,(H2,28,29,30,31). The topological polar surface area (TPSA) is 67.4 Å². The summed E-state index contributed by atoms with van der Waals surface area (Å²) in [6.45, 7) is 3.20. The lowest BCUT2D eigenvalue weighted by molar-refractivity contribution is 0.0959. The molecule has 5 nitrogen and oxygen atoms in total. The van der Waals surface area contributed by atoms with Gasteiger partial charge in [-0.2, -0.15) is 0 Å². The zero-order valence-electron chi connectivity index (χ0n) is 16.7. The number of imide groups is 1. The van der Waals surface area contributed by atoms with Gasteiger partial charge in [0.15, 0.2) is 11.6 Å². The van der Waals surface area contributed by atoms with Crippen LogP contribution in [0.15, 0.2) is 46.9 Å². The summed E-state index contributed by atoms with van der Waals surface area (Å²) in [5.41, 5.74) is 0.227. The normalized spacial score (nSPS) is 10.6. The van der Waals surface area contributed by atoms with Gasteiger partial charge in [0.05, 0.1) is 5.02 Å². The largest absolute Gasteiger partial charge is 0.453 e. The highest BCUT2D eigenvalue weighted by atomic mass is 79.9. The molecule has 0 saturated heterocycles. The Morgan fingerprint density at radius 3 is 2.25 bits per heavy atom. The summed E-state index contributed by atoms with van der Waals surface area (Å²) in [6.07, 6.45) is 0. The number of rotatable bonds is 4. The van der Waals surface area contributed by atoms with Gasteiger partial charge >= 0.3 is 6.03 Å². The van der Waals surface area contributed by atoms with E-state index >= 15 is 0 Å². The van der Waals surface area contributed by atoms with Crippen LogP contribution < -0.4 is 15.4 Å². The predicted octanol–water partition coefficient (Wildman–Crippen LogP) is 6.89. The Labute approximate surface area is 194 Å². The summed E-state index contributed by atoms with van der Waals surface area (Å²) < 4.78 is 47.7. The Kier molecular flexibility index (Phi) is 7.10. The van der Waals surface area contributed by atoms with E-state index in [0.29, 0.717) is 15.6 Å². The fraction of sp³-hybridized carbons (Fsp3) is 0.0909. The number of ether oxygens (including phenoxy) is 1. The molecular formula is C22H15BrClF3N2O3. The molecule has 0 aliphatic carbocycles. The van der Waals surface area contributed by atoms with Crippen LogP contribution in [-0.4, -0.2) is 11.9 Å². The van der Waals surface area contributed by atoms with E-state index in [-0.39, 0.29) is 22.2 Å². The summed E-state index contributed by atoms with van der Waals surface area (Å²) in [4.78, 5) is 24.4. The van der Waals surface area contributed by atoms with Gasteiger partial charge in [-0.25, -0.2) is 18.0 Å². The molecule has 0 aromatic heterocycles. The van der Waals surface area contributed by atoms with Crippen molar-refractivity contribution in [1.29, 1.82) is 0 Å². The summed E-state index contributed by atoms with van der Waals surface area (Å²) in [6, 6.07) is 7.61. The first kappa shape index (κ1) is 23.6. The number of amides is 3. The van der Waals surface area contributed by atoms with Gasteiger partial charge in [0.25, 0.3) is 5.91 Å². The molecule has 0 unspecified atom stereocenters. The first-order chi connectivity index (χ1) is 15.1. The molecule has 0 bridgehead atoms. The Morgan fingerprint density at radius 2 is 1.62 bits per heavy atom. The minimum absolute atomic E-state index is 0.0511. The van der Waals surface area contributed by atoms with Crippen LogP contribution >= 0.6 is 27.5 Å². The van der Waals surface area contributed by atoms with Gasteiger partial charge in [0, 0.05) is 10.2 Å². The second kappa shape index (κ2) is 9.62. The van der Waals surface area contributed by atoms with Gasteiger partial charge < -0.3 is 10.1 Å². The van der Waals surface area contributed by atoms with Crippen LogP contribution in [0.3, 0.4) is 0 Å². The van der Waals surface area contributed by atoms with Crippen molar-refractivity contribution in [3.8, 4) is 11.5 Å². The van der Waals surface area contributed by atoms with Crippen LogP contribution in [0.2, 0.25) is 5.02 Å². The number of nitrogens with one attached hydrogen (secondary N) is 2. The molecule has 0 heterocycles. The molecule has 0 atom stereocenters. The van der Waals surface area contributed by atoms with Crippen LogP contribution in [0.5, 0.6) is 11.5 Å². The molecule has 10 heteroatoms. The molecular weight excluding hydrogens is 513 g/mol. The van der Waals surface area contributed by atoms with Crippen molar-refractivity contribution in [3.05, 3.63) is 86.1 Å². The lowest BCUT2D eigenvalue weighted by Crippen LogP contribution is -2.35. The minimum atomic E-state index is -1.25. The average molecular weight is 528 g/mol. The molecule has 3 amide bonds. The molecule has 3 rings (SSSR count). The number of aryl methyl sites for hydroxylation is 1. The number of hydrogen-bond donors (Lipinski definition) is 2. The van der Waals surface area contributed by atoms with Crippen molar-refractivity contribution in [2.75, 3.05) is 5.32 Å². The van der Waals surface area contributed by atoms with Crippen molar-refractivity contribution in [2.24, 2.45) is 0 Å². The summed E-state index contributed by atoms with van der Waals surface area (Å²) in [5.74, 6) is -3.96. The maximum absolute atomic E-state index is 14.1. The van der Waals surface area contributed by atoms with Gasteiger partial charge in [-0.1, -0.05) is 33.6 Å². The molecule has 32 heavy (non-hydrogen) atoms. The number of benzene rings is 3. The van der Waals surface area contributed by atoms with E-state index < -0.39 is 35.0 Å². The van der Waals surface area contributed by atoms with Gasteiger partial charge in [-0.05, 0) is 61.4 Å². The molecule has 3 aromatic carbocycles. The van der Waals surface area contributed by atoms with Gasteiger partial charge in [-0.3, -0.25) is 10.1 Å². The van der Waals surface area contributed by atoms with Gasteiger partial charge in [0.1, 0.15) is 22.9 Å². The van der Waals surface area contributed by atoms with E-state index in [1.54, 1.807) is 19.9 Å². The highest BCUT2D eigenvalue weighted by Gasteiger charge is 2.21. The smallest absolute Gasteiger partial charge is 0.326 e. The number of urea groups is 1. The SMILES string of the molecule is Cc1cc(Oc2ccc(Br)cc2F)c(Cl)c(C)c1NC(=O)NC(=O)c1c(F)cccc1F. The van der Waals surface area contributed by atoms with Crippen LogP contribution in [0.4, 0.5) is 23.7 Å². The third-order valence-electron chi connectivity index (χ3n) is 4.43. The maximum Gasteiger partial charge on any atom is 0.326 e. The maximum atomic E-state index is 14.1. The second-order valence-electron chi connectivity index (χ2n) is 6.69. The van der Waals surface area contributed by atoms with E-state index in [9.17, 15) is 22.8 Å². The lowest BCUT2D eigenvalue weighted by atomic mass is 10.1. The zero-order valence-corrected chi connectivity index (χ0v) is 19.0. The first-order valence-electron chi connectivity index (χ1n) is 9.07. The molecule has 0 aliphatic rings. The monoisotopic (exact) mass is 526 g/mol. The number of carbonyl (C=O) groups is 2. The van der Waals surface area contributed by atoms with E-state index in [2.05, 4.69) is 21.2 Å². The minimum Gasteiger partial charge on any atom is -0.453 e. The molecule has 0 fully saturated rings. The Hall–Kier alpha value is -3.04. The Bertz CT molecular complexity index is 1220. The van der Waals surface area contributed by atoms with Gasteiger partial charge in [0.2, 0.25) is 0 Å². The molecule has 0 aliphatic heterocycles. The van der Waals surface area contributed by atoms with E-state index in [0.717, 1.165) is 18.2 Å². The summed E-state index contributed by atoms with van der Waals surface area (Å²) in [5, 5.41) is 4.40. The number of carbonyl (C=O) groups excluding carboxylic acids is 2. The second-order valence-corrected chi connectivity index (χ2v) is 7.98. The molecule has 0 saturated carbocycles. The summed E-state index contributed by atoms with van der Waals surface area (Å²) >= 11 is 9.49. The van der Waals surface area contributed by atoms with Gasteiger partial charge in [-0.15, -0.1) is 0 Å². The lowest BCUT2D eigenvalue weighted by Gasteiger charge is -2.17.